The van der Waals surface area contributed by atoms with Crippen molar-refractivity contribution in [1.29, 1.82) is 0 Å². The molecule has 0 aromatic carbocycles. The lowest BCUT2D eigenvalue weighted by Crippen LogP contribution is -2.44. The van der Waals surface area contributed by atoms with Crippen molar-refractivity contribution in [3.8, 4) is 0 Å². The smallest absolute Gasteiger partial charge is 0.410 e. The van der Waals surface area contributed by atoms with E-state index in [0.29, 0.717) is 18.2 Å². The van der Waals surface area contributed by atoms with E-state index in [0.717, 1.165) is 25.1 Å². The van der Waals surface area contributed by atoms with Crippen molar-refractivity contribution >= 4 is 17.7 Å². The predicted octanol–water partition coefficient (Wildman–Crippen LogP) is 2.62. The molecule has 1 aromatic rings. The van der Waals surface area contributed by atoms with Crippen LogP contribution in [0.15, 0.2) is 12.1 Å². The fraction of sp³-hybridized carbons (Fsp3) is 0.667. The highest BCUT2D eigenvalue weighted by Gasteiger charge is 2.31. The molecule has 1 unspecified atom stereocenters. The van der Waals surface area contributed by atoms with Crippen LogP contribution in [0.3, 0.4) is 0 Å². The molecule has 22 heavy (non-hydrogen) atoms. The molecule has 2 rings (SSSR count). The molecule has 1 aliphatic rings. The average Bonchev–Trinajstić information content (AvgIpc) is 2.88. The molecule has 1 N–H and O–H groups in total. The lowest BCUT2D eigenvalue weighted by Gasteiger charge is -2.28. The van der Waals surface area contributed by atoms with Crippen LogP contribution in [-0.4, -0.2) is 45.9 Å². The van der Waals surface area contributed by atoms with E-state index in [-0.39, 0.29) is 12.1 Å². The zero-order chi connectivity index (χ0) is 16.2. The van der Waals surface area contributed by atoms with Crippen molar-refractivity contribution in [2.24, 2.45) is 0 Å². The van der Waals surface area contributed by atoms with Crippen LogP contribution < -0.4 is 5.32 Å². The topological polar surface area (TPSA) is 67.3 Å². The van der Waals surface area contributed by atoms with Crippen LogP contribution in [0.2, 0.25) is 5.15 Å². The number of halogens is 1. The van der Waals surface area contributed by atoms with Crippen LogP contribution >= 0.6 is 11.6 Å². The van der Waals surface area contributed by atoms with Gasteiger partial charge < -0.3 is 15.0 Å². The minimum atomic E-state index is -0.462. The highest BCUT2D eigenvalue weighted by Crippen LogP contribution is 2.20. The molecule has 1 saturated heterocycles. The number of rotatable bonds is 4. The lowest BCUT2D eigenvalue weighted by molar-refractivity contribution is 0.0226. The zero-order valence-corrected chi connectivity index (χ0v) is 14.1. The Morgan fingerprint density at radius 1 is 1.45 bits per heavy atom. The van der Waals surface area contributed by atoms with Gasteiger partial charge >= 0.3 is 6.09 Å². The molecule has 1 amide bonds. The molecule has 0 radical (unpaired) electrons. The van der Waals surface area contributed by atoms with E-state index in [4.69, 9.17) is 16.3 Å². The van der Waals surface area contributed by atoms with E-state index in [2.05, 4.69) is 15.5 Å². The molecule has 0 saturated carbocycles. The number of carbonyl (C=O) groups excluding carboxylic acids is 1. The van der Waals surface area contributed by atoms with E-state index in [1.54, 1.807) is 6.07 Å². The van der Waals surface area contributed by atoms with Gasteiger partial charge in [-0.2, -0.15) is 5.10 Å². The molecule has 0 bridgehead atoms. The van der Waals surface area contributed by atoms with E-state index in [9.17, 15) is 4.79 Å². The van der Waals surface area contributed by atoms with E-state index < -0.39 is 5.60 Å². The Morgan fingerprint density at radius 2 is 2.23 bits per heavy atom. The monoisotopic (exact) mass is 326 g/mol. The molecule has 1 atom stereocenters. The van der Waals surface area contributed by atoms with Crippen molar-refractivity contribution in [3.05, 3.63) is 23.0 Å². The number of nitrogens with one attached hydrogen (secondary N) is 1. The quantitative estimate of drug-likeness (QED) is 0.921. The van der Waals surface area contributed by atoms with Crippen molar-refractivity contribution in [1.82, 2.24) is 20.4 Å². The maximum atomic E-state index is 12.2. The second kappa shape index (κ2) is 7.24. The third kappa shape index (κ3) is 5.10. The number of amides is 1. The summed E-state index contributed by atoms with van der Waals surface area (Å²) in [6, 6.07) is 3.71. The van der Waals surface area contributed by atoms with Gasteiger partial charge in [0.25, 0.3) is 0 Å². The highest BCUT2D eigenvalue weighted by atomic mass is 35.5. The van der Waals surface area contributed by atoms with Crippen LogP contribution in [0.5, 0.6) is 0 Å². The summed E-state index contributed by atoms with van der Waals surface area (Å²) in [7, 11) is 0. The van der Waals surface area contributed by atoms with Crippen LogP contribution in [0.1, 0.15) is 39.3 Å². The molecule has 2 heterocycles. The van der Waals surface area contributed by atoms with Gasteiger partial charge in [-0.3, -0.25) is 0 Å². The van der Waals surface area contributed by atoms with E-state index >= 15 is 0 Å². The predicted molar refractivity (Wildman–Crippen MR) is 84.7 cm³/mol. The van der Waals surface area contributed by atoms with Gasteiger partial charge in [0.2, 0.25) is 0 Å². The molecular formula is C15H23ClN4O2. The summed E-state index contributed by atoms with van der Waals surface area (Å²) in [4.78, 5) is 14.0. The number of likely N-dealkylation sites (tertiary alicyclic amines) is 1. The molecule has 0 spiro atoms. The largest absolute Gasteiger partial charge is 0.444 e. The van der Waals surface area contributed by atoms with Gasteiger partial charge in [-0.1, -0.05) is 11.6 Å². The van der Waals surface area contributed by atoms with E-state index in [1.807, 2.05) is 31.7 Å². The number of hydrogen-bond donors (Lipinski definition) is 1. The fourth-order valence-corrected chi connectivity index (χ4v) is 2.51. The third-order valence-corrected chi connectivity index (χ3v) is 3.58. The van der Waals surface area contributed by atoms with Gasteiger partial charge in [0.1, 0.15) is 5.60 Å². The lowest BCUT2D eigenvalue weighted by atomic mass is 10.2. The summed E-state index contributed by atoms with van der Waals surface area (Å²) in [5.41, 5.74) is 0.363. The molecule has 0 aliphatic carbocycles. The first-order valence-electron chi connectivity index (χ1n) is 7.53. The Hall–Kier alpha value is -1.40. The van der Waals surface area contributed by atoms with Gasteiger partial charge in [-0.25, -0.2) is 4.79 Å². The van der Waals surface area contributed by atoms with Crippen molar-refractivity contribution < 1.29 is 9.53 Å². The first kappa shape index (κ1) is 17.0. The maximum absolute atomic E-state index is 12.2. The fourth-order valence-electron chi connectivity index (χ4n) is 2.41. The number of ether oxygens (including phenoxy) is 1. The molecule has 1 aromatic heterocycles. The van der Waals surface area contributed by atoms with Gasteiger partial charge in [-0.15, -0.1) is 5.10 Å². The molecule has 6 nitrogen and oxygen atoms in total. The second-order valence-electron chi connectivity index (χ2n) is 6.45. The molecule has 1 aliphatic heterocycles. The summed E-state index contributed by atoms with van der Waals surface area (Å²) in [5.74, 6) is 0. The molecule has 7 heteroatoms. The minimum absolute atomic E-state index is 0.162. The molecule has 1 fully saturated rings. The normalized spacial score (nSPS) is 18.5. The minimum Gasteiger partial charge on any atom is -0.444 e. The maximum Gasteiger partial charge on any atom is 0.410 e. The summed E-state index contributed by atoms with van der Waals surface area (Å²) in [6.07, 6.45) is 1.76. The van der Waals surface area contributed by atoms with Crippen molar-refractivity contribution in [2.75, 3.05) is 13.1 Å². The highest BCUT2D eigenvalue weighted by molar-refractivity contribution is 6.29. The Kier molecular flexibility index (Phi) is 5.58. The molecule has 122 valence electrons. The molecular weight excluding hydrogens is 304 g/mol. The summed E-state index contributed by atoms with van der Waals surface area (Å²) in [6.45, 7) is 7.71. The second-order valence-corrected chi connectivity index (χ2v) is 6.84. The first-order valence-corrected chi connectivity index (χ1v) is 7.91. The van der Waals surface area contributed by atoms with E-state index in [1.165, 1.54) is 0 Å². The van der Waals surface area contributed by atoms with Crippen LogP contribution in [0, 0.1) is 0 Å². The van der Waals surface area contributed by atoms with Gasteiger partial charge in [-0.05, 0) is 45.7 Å². The Bertz CT molecular complexity index is 501. The standard InChI is InChI=1S/C15H23ClN4O2/c1-15(2,3)22-14(21)20-8-4-5-12(20)10-17-9-11-6-7-13(16)19-18-11/h6-7,12,17H,4-5,8-10H2,1-3H3. The third-order valence-electron chi connectivity index (χ3n) is 3.38. The number of aromatic nitrogens is 2. The van der Waals surface area contributed by atoms with Crippen LogP contribution in [0.4, 0.5) is 4.79 Å². The number of carbonyl (C=O) groups is 1. The van der Waals surface area contributed by atoms with Crippen LogP contribution in [-0.2, 0) is 11.3 Å². The first-order chi connectivity index (χ1) is 10.3. The summed E-state index contributed by atoms with van der Waals surface area (Å²) < 4.78 is 5.45. The number of hydrogen-bond acceptors (Lipinski definition) is 5. The number of nitrogens with zero attached hydrogens (tertiary/aromatic N) is 3. The van der Waals surface area contributed by atoms with Gasteiger partial charge in [0.15, 0.2) is 5.15 Å². The van der Waals surface area contributed by atoms with Crippen molar-refractivity contribution in [2.45, 2.75) is 51.8 Å². The summed E-state index contributed by atoms with van der Waals surface area (Å²) >= 11 is 5.70. The summed E-state index contributed by atoms with van der Waals surface area (Å²) in [5, 5.41) is 11.5. The SMILES string of the molecule is CC(C)(C)OC(=O)N1CCCC1CNCc1ccc(Cl)nn1. The van der Waals surface area contributed by atoms with Crippen molar-refractivity contribution in [3.63, 3.8) is 0 Å². The Balaban J connectivity index is 1.81. The Morgan fingerprint density at radius 3 is 2.86 bits per heavy atom. The average molecular weight is 327 g/mol. The Labute approximate surface area is 136 Å². The van der Waals surface area contributed by atoms with Gasteiger partial charge in [0.05, 0.1) is 5.69 Å². The van der Waals surface area contributed by atoms with Crippen LogP contribution in [0.25, 0.3) is 0 Å². The van der Waals surface area contributed by atoms with Gasteiger partial charge in [0, 0.05) is 25.7 Å². The zero-order valence-electron chi connectivity index (χ0n) is 13.3.